The molecule has 0 spiro atoms. The van der Waals surface area contributed by atoms with E-state index in [1.165, 1.54) is 24.3 Å². The number of halogens is 2. The normalized spacial score (nSPS) is 16.3. The minimum Gasteiger partial charge on any atom is -0.488 e. The summed E-state index contributed by atoms with van der Waals surface area (Å²) >= 11 is 0. The molecule has 0 aliphatic carbocycles. The molecule has 2 aliphatic rings. The van der Waals surface area contributed by atoms with Gasteiger partial charge in [0.1, 0.15) is 34.7 Å². The third kappa shape index (κ3) is 10.9. The SMILES string of the molecule is CC(C)(C)OC(=O)NCCc1cc(F)cc(C(=O)N2CCN(C(=O)c3ccc(O[C@H]4CCN(C(=O)OC(C)(C)C)C4)c(-c4ccc(F)cc4)c3)CC2)c1. The molecule has 0 saturated carbocycles. The fourth-order valence-corrected chi connectivity index (χ4v) is 6.14. The first kappa shape index (κ1) is 39.0. The van der Waals surface area contributed by atoms with E-state index in [9.17, 15) is 28.0 Å². The lowest BCUT2D eigenvalue weighted by molar-refractivity contribution is 0.0275. The lowest BCUT2D eigenvalue weighted by Crippen LogP contribution is -2.50. The Morgan fingerprint density at radius 1 is 0.717 bits per heavy atom. The van der Waals surface area contributed by atoms with E-state index in [0.717, 1.165) is 0 Å². The largest absolute Gasteiger partial charge is 0.488 e. The number of rotatable bonds is 8. The van der Waals surface area contributed by atoms with Crippen molar-refractivity contribution in [2.24, 2.45) is 0 Å². The zero-order valence-corrected chi connectivity index (χ0v) is 31.2. The van der Waals surface area contributed by atoms with Gasteiger partial charge in [-0.1, -0.05) is 12.1 Å². The number of hydrogen-bond donors (Lipinski definition) is 1. The molecule has 53 heavy (non-hydrogen) atoms. The molecule has 0 aromatic heterocycles. The highest BCUT2D eigenvalue weighted by molar-refractivity contribution is 5.97. The van der Waals surface area contributed by atoms with Crippen LogP contribution in [-0.2, 0) is 15.9 Å². The van der Waals surface area contributed by atoms with Gasteiger partial charge < -0.3 is 34.2 Å². The molecule has 2 saturated heterocycles. The second-order valence-electron chi connectivity index (χ2n) is 15.3. The molecule has 4 amide bonds. The van der Waals surface area contributed by atoms with Gasteiger partial charge in [0.25, 0.3) is 11.8 Å². The summed E-state index contributed by atoms with van der Waals surface area (Å²) in [5, 5.41) is 2.64. The molecule has 1 N–H and O–H groups in total. The molecule has 0 bridgehead atoms. The molecule has 3 aromatic rings. The maximum Gasteiger partial charge on any atom is 0.410 e. The fraction of sp³-hybridized carbons (Fsp3) is 0.450. The van der Waals surface area contributed by atoms with Gasteiger partial charge in [0, 0.05) is 62.4 Å². The number of piperazine rings is 1. The molecule has 0 unspecified atom stereocenters. The van der Waals surface area contributed by atoms with Crippen LogP contribution < -0.4 is 10.1 Å². The van der Waals surface area contributed by atoms with Crippen LogP contribution in [0, 0.1) is 11.6 Å². The van der Waals surface area contributed by atoms with E-state index < -0.39 is 35.0 Å². The number of ether oxygens (including phenoxy) is 3. The van der Waals surface area contributed by atoms with E-state index in [-0.39, 0.29) is 56.2 Å². The Balaban J connectivity index is 1.22. The molecule has 284 valence electrons. The van der Waals surface area contributed by atoms with Gasteiger partial charge in [-0.05, 0) is 108 Å². The van der Waals surface area contributed by atoms with Crippen molar-refractivity contribution in [3.05, 3.63) is 89.0 Å². The highest BCUT2D eigenvalue weighted by Crippen LogP contribution is 2.34. The first-order chi connectivity index (χ1) is 24.9. The summed E-state index contributed by atoms with van der Waals surface area (Å²) in [4.78, 5) is 56.6. The highest BCUT2D eigenvalue weighted by atomic mass is 19.1. The van der Waals surface area contributed by atoms with E-state index in [1.54, 1.807) is 71.9 Å². The Bertz CT molecular complexity index is 1810. The smallest absolute Gasteiger partial charge is 0.410 e. The maximum absolute atomic E-state index is 14.6. The van der Waals surface area contributed by atoms with E-state index in [1.807, 2.05) is 20.8 Å². The number of carbonyl (C=O) groups excluding carboxylic acids is 4. The van der Waals surface area contributed by atoms with Gasteiger partial charge >= 0.3 is 12.2 Å². The Labute approximate surface area is 309 Å². The summed E-state index contributed by atoms with van der Waals surface area (Å²) in [6.45, 7) is 12.8. The Morgan fingerprint density at radius 3 is 1.96 bits per heavy atom. The highest BCUT2D eigenvalue weighted by Gasteiger charge is 2.32. The van der Waals surface area contributed by atoms with E-state index in [0.29, 0.717) is 53.9 Å². The van der Waals surface area contributed by atoms with Crippen LogP contribution in [0.2, 0.25) is 0 Å². The Hall–Kier alpha value is -5.20. The minimum absolute atomic E-state index is 0.188. The van der Waals surface area contributed by atoms with Crippen molar-refractivity contribution in [2.75, 3.05) is 45.8 Å². The zero-order valence-electron chi connectivity index (χ0n) is 31.2. The summed E-state index contributed by atoms with van der Waals surface area (Å²) in [5.41, 5.74) is 1.13. The first-order valence-electron chi connectivity index (χ1n) is 17.8. The van der Waals surface area contributed by atoms with Crippen LogP contribution in [0.4, 0.5) is 18.4 Å². The molecular weight excluding hydrogens is 686 g/mol. The number of benzene rings is 3. The monoisotopic (exact) mass is 734 g/mol. The minimum atomic E-state index is -0.644. The van der Waals surface area contributed by atoms with Crippen molar-refractivity contribution in [3.8, 4) is 16.9 Å². The summed E-state index contributed by atoms with van der Waals surface area (Å²) in [6, 6.07) is 15.1. The van der Waals surface area contributed by atoms with Gasteiger partial charge in [-0.15, -0.1) is 0 Å². The molecular formula is C40H48F2N4O7. The fourth-order valence-electron chi connectivity index (χ4n) is 6.14. The average Bonchev–Trinajstić information content (AvgIpc) is 3.55. The van der Waals surface area contributed by atoms with E-state index in [4.69, 9.17) is 14.2 Å². The van der Waals surface area contributed by atoms with Crippen molar-refractivity contribution >= 4 is 24.0 Å². The summed E-state index contributed by atoms with van der Waals surface area (Å²) < 4.78 is 45.5. The van der Waals surface area contributed by atoms with Crippen LogP contribution in [0.3, 0.4) is 0 Å². The van der Waals surface area contributed by atoms with Crippen LogP contribution in [0.1, 0.15) is 74.2 Å². The molecule has 2 fully saturated rings. The summed E-state index contributed by atoms with van der Waals surface area (Å²) in [6.07, 6.45) is -0.402. The number of likely N-dealkylation sites (tertiary alicyclic amines) is 1. The van der Waals surface area contributed by atoms with Gasteiger partial charge in [0.15, 0.2) is 0 Å². The Kier molecular flexibility index (Phi) is 11.9. The molecule has 2 heterocycles. The molecule has 0 radical (unpaired) electrons. The third-order valence-electron chi connectivity index (χ3n) is 8.61. The lowest BCUT2D eigenvalue weighted by Gasteiger charge is -2.35. The van der Waals surface area contributed by atoms with Gasteiger partial charge in [0.05, 0.1) is 6.54 Å². The number of amides is 4. The standard InChI is InChI=1S/C40H48F2N4O7/c1-39(2,3)52-37(49)43-15-13-26-21-29(23-31(42)22-26)36(48)45-19-17-44(18-20-45)35(47)28-9-12-34(33(24-28)27-7-10-30(41)11-8-27)51-32-14-16-46(25-32)38(50)53-40(4,5)6/h7-12,21-24,32H,13-20,25H2,1-6H3,(H,43,49)/t32-/m0/s1. The maximum atomic E-state index is 14.6. The summed E-state index contributed by atoms with van der Waals surface area (Å²) in [7, 11) is 0. The number of hydrogen-bond acceptors (Lipinski definition) is 7. The molecule has 5 rings (SSSR count). The van der Waals surface area contributed by atoms with Gasteiger partial charge in [-0.2, -0.15) is 0 Å². The lowest BCUT2D eigenvalue weighted by atomic mass is 10.0. The topological polar surface area (TPSA) is 118 Å². The average molecular weight is 735 g/mol. The molecule has 2 aliphatic heterocycles. The third-order valence-corrected chi connectivity index (χ3v) is 8.61. The number of nitrogens with one attached hydrogen (secondary N) is 1. The van der Waals surface area contributed by atoms with E-state index in [2.05, 4.69) is 5.32 Å². The number of alkyl carbamates (subject to hydrolysis) is 1. The Morgan fingerprint density at radius 2 is 1.34 bits per heavy atom. The second-order valence-corrected chi connectivity index (χ2v) is 15.3. The van der Waals surface area contributed by atoms with Gasteiger partial charge in [-0.25, -0.2) is 18.4 Å². The summed E-state index contributed by atoms with van der Waals surface area (Å²) in [5.74, 6) is -1.06. The second kappa shape index (κ2) is 16.2. The van der Waals surface area contributed by atoms with Crippen molar-refractivity contribution in [1.29, 1.82) is 0 Å². The predicted octanol–water partition coefficient (Wildman–Crippen LogP) is 6.69. The van der Waals surface area contributed by atoms with Gasteiger partial charge in [0.2, 0.25) is 0 Å². The van der Waals surface area contributed by atoms with Crippen molar-refractivity contribution < 1.29 is 42.2 Å². The van der Waals surface area contributed by atoms with Crippen molar-refractivity contribution in [2.45, 2.75) is 71.7 Å². The molecule has 13 heteroatoms. The van der Waals surface area contributed by atoms with Crippen LogP contribution in [0.5, 0.6) is 5.75 Å². The number of nitrogens with zero attached hydrogens (tertiary/aromatic N) is 3. The molecule has 3 aromatic carbocycles. The predicted molar refractivity (Wildman–Crippen MR) is 195 cm³/mol. The zero-order chi connectivity index (χ0) is 38.5. The number of carbonyl (C=O) groups is 4. The van der Waals surface area contributed by atoms with Crippen LogP contribution in [-0.4, -0.2) is 102 Å². The van der Waals surface area contributed by atoms with Crippen molar-refractivity contribution in [3.63, 3.8) is 0 Å². The molecule has 11 nitrogen and oxygen atoms in total. The first-order valence-corrected chi connectivity index (χ1v) is 17.8. The molecule has 1 atom stereocenters. The van der Waals surface area contributed by atoms with Crippen LogP contribution in [0.25, 0.3) is 11.1 Å². The van der Waals surface area contributed by atoms with Gasteiger partial charge in [-0.3, -0.25) is 9.59 Å². The van der Waals surface area contributed by atoms with Crippen LogP contribution in [0.15, 0.2) is 60.7 Å². The van der Waals surface area contributed by atoms with Crippen molar-refractivity contribution in [1.82, 2.24) is 20.0 Å². The quantitative estimate of drug-likeness (QED) is 0.274. The van der Waals surface area contributed by atoms with Crippen LogP contribution >= 0.6 is 0 Å². The van der Waals surface area contributed by atoms with E-state index >= 15 is 0 Å².